The van der Waals surface area contributed by atoms with Gasteiger partial charge in [-0.05, 0) is 13.8 Å². The summed E-state index contributed by atoms with van der Waals surface area (Å²) in [4.78, 5) is 14.6. The Morgan fingerprint density at radius 3 is 2.55 bits per heavy atom. The zero-order valence-electron chi connectivity index (χ0n) is 7.20. The standard InChI is InChI=1S/C7H14N2O2/c1-6(2)9-5-11-4-8(3)7(9)10/h6H,4-5H2,1-3H3. The lowest BCUT2D eigenvalue weighted by molar-refractivity contribution is -0.0526. The number of rotatable bonds is 1. The van der Waals surface area contributed by atoms with Gasteiger partial charge in [0.25, 0.3) is 0 Å². The van der Waals surface area contributed by atoms with E-state index in [1.165, 1.54) is 0 Å². The van der Waals surface area contributed by atoms with Gasteiger partial charge in [-0.15, -0.1) is 0 Å². The second-order valence-corrected chi connectivity index (χ2v) is 3.01. The van der Waals surface area contributed by atoms with Crippen molar-refractivity contribution in [3.8, 4) is 0 Å². The van der Waals surface area contributed by atoms with Crippen molar-refractivity contribution in [1.82, 2.24) is 9.80 Å². The van der Waals surface area contributed by atoms with Gasteiger partial charge in [0, 0.05) is 13.1 Å². The predicted octanol–water partition coefficient (Wildman–Crippen LogP) is 0.694. The van der Waals surface area contributed by atoms with Crippen LogP contribution in [0.1, 0.15) is 13.8 Å². The first-order chi connectivity index (χ1) is 5.13. The quantitative estimate of drug-likeness (QED) is 0.562. The van der Waals surface area contributed by atoms with Gasteiger partial charge in [-0.1, -0.05) is 0 Å². The molecule has 0 aromatic carbocycles. The molecular weight excluding hydrogens is 144 g/mol. The second-order valence-electron chi connectivity index (χ2n) is 3.01. The molecule has 4 nitrogen and oxygen atoms in total. The fourth-order valence-corrected chi connectivity index (χ4v) is 0.976. The third-order valence-electron chi connectivity index (χ3n) is 1.71. The van der Waals surface area contributed by atoms with E-state index in [1.807, 2.05) is 13.8 Å². The molecule has 11 heavy (non-hydrogen) atoms. The van der Waals surface area contributed by atoms with Gasteiger partial charge in [0.15, 0.2) is 0 Å². The summed E-state index contributed by atoms with van der Waals surface area (Å²) in [5, 5.41) is 0. The first-order valence-electron chi connectivity index (χ1n) is 3.72. The maximum Gasteiger partial charge on any atom is 0.323 e. The summed E-state index contributed by atoms with van der Waals surface area (Å²) in [5.74, 6) is 0. The van der Waals surface area contributed by atoms with Gasteiger partial charge in [0.05, 0.1) is 0 Å². The van der Waals surface area contributed by atoms with E-state index < -0.39 is 0 Å². The maximum absolute atomic E-state index is 11.3. The summed E-state index contributed by atoms with van der Waals surface area (Å²) in [7, 11) is 1.73. The number of urea groups is 1. The molecule has 0 unspecified atom stereocenters. The first-order valence-corrected chi connectivity index (χ1v) is 3.72. The highest BCUT2D eigenvalue weighted by molar-refractivity contribution is 5.74. The van der Waals surface area contributed by atoms with Crippen LogP contribution in [0.3, 0.4) is 0 Å². The summed E-state index contributed by atoms with van der Waals surface area (Å²) in [5.41, 5.74) is 0. The minimum absolute atomic E-state index is 0.0475. The van der Waals surface area contributed by atoms with Crippen molar-refractivity contribution in [2.24, 2.45) is 0 Å². The maximum atomic E-state index is 11.3. The minimum Gasteiger partial charge on any atom is -0.341 e. The molecule has 0 aliphatic carbocycles. The van der Waals surface area contributed by atoms with Crippen molar-refractivity contribution in [1.29, 1.82) is 0 Å². The van der Waals surface area contributed by atoms with Gasteiger partial charge >= 0.3 is 6.03 Å². The van der Waals surface area contributed by atoms with E-state index in [4.69, 9.17) is 4.74 Å². The van der Waals surface area contributed by atoms with Crippen molar-refractivity contribution in [2.45, 2.75) is 19.9 Å². The predicted molar refractivity (Wildman–Crippen MR) is 41.0 cm³/mol. The Balaban J connectivity index is 2.58. The minimum atomic E-state index is 0.0475. The van der Waals surface area contributed by atoms with Crippen LogP contribution < -0.4 is 0 Å². The van der Waals surface area contributed by atoms with Crippen LogP contribution in [0.25, 0.3) is 0 Å². The van der Waals surface area contributed by atoms with E-state index in [1.54, 1.807) is 16.8 Å². The molecule has 0 radical (unpaired) electrons. The molecule has 1 rings (SSSR count). The van der Waals surface area contributed by atoms with Crippen LogP contribution in [0, 0.1) is 0 Å². The fourth-order valence-electron chi connectivity index (χ4n) is 0.976. The molecule has 0 atom stereocenters. The highest BCUT2D eigenvalue weighted by Gasteiger charge is 2.24. The van der Waals surface area contributed by atoms with Gasteiger partial charge < -0.3 is 9.64 Å². The Morgan fingerprint density at radius 1 is 1.45 bits per heavy atom. The number of carbonyl (C=O) groups excluding carboxylic acids is 1. The number of hydrogen-bond acceptors (Lipinski definition) is 2. The molecule has 1 aliphatic rings. The number of hydrogen-bond donors (Lipinski definition) is 0. The molecule has 0 N–H and O–H groups in total. The van der Waals surface area contributed by atoms with E-state index in [0.29, 0.717) is 13.5 Å². The summed E-state index contributed by atoms with van der Waals surface area (Å²) in [6, 6.07) is 0.261. The summed E-state index contributed by atoms with van der Waals surface area (Å²) in [6.45, 7) is 4.77. The van der Waals surface area contributed by atoms with Gasteiger partial charge in [-0.2, -0.15) is 0 Å². The van der Waals surface area contributed by atoms with Crippen LogP contribution in [0.5, 0.6) is 0 Å². The average Bonchev–Trinajstić information content (AvgIpc) is 1.94. The average molecular weight is 158 g/mol. The van der Waals surface area contributed by atoms with Crippen LogP contribution in [0.2, 0.25) is 0 Å². The Morgan fingerprint density at radius 2 is 2.09 bits per heavy atom. The van der Waals surface area contributed by atoms with Crippen LogP contribution in [0.15, 0.2) is 0 Å². The van der Waals surface area contributed by atoms with E-state index in [-0.39, 0.29) is 12.1 Å². The third kappa shape index (κ3) is 1.63. The Hall–Kier alpha value is -0.770. The highest BCUT2D eigenvalue weighted by Crippen LogP contribution is 2.07. The third-order valence-corrected chi connectivity index (χ3v) is 1.71. The van der Waals surface area contributed by atoms with Crippen molar-refractivity contribution in [3.63, 3.8) is 0 Å². The van der Waals surface area contributed by atoms with Crippen LogP contribution in [-0.2, 0) is 4.74 Å². The van der Waals surface area contributed by atoms with Crippen molar-refractivity contribution < 1.29 is 9.53 Å². The Kier molecular flexibility index (Phi) is 2.34. The smallest absolute Gasteiger partial charge is 0.323 e. The molecule has 2 amide bonds. The lowest BCUT2D eigenvalue weighted by atomic mass is 10.3. The van der Waals surface area contributed by atoms with E-state index in [2.05, 4.69) is 0 Å². The van der Waals surface area contributed by atoms with Crippen molar-refractivity contribution in [3.05, 3.63) is 0 Å². The normalized spacial score (nSPS) is 19.8. The zero-order valence-corrected chi connectivity index (χ0v) is 7.20. The number of ether oxygens (including phenoxy) is 1. The molecule has 1 heterocycles. The van der Waals surface area contributed by atoms with Crippen LogP contribution in [-0.4, -0.2) is 42.4 Å². The number of nitrogens with zero attached hydrogens (tertiary/aromatic N) is 2. The second kappa shape index (κ2) is 3.09. The molecule has 0 aromatic heterocycles. The molecule has 4 heteroatoms. The van der Waals surface area contributed by atoms with Gasteiger partial charge in [-0.3, -0.25) is 4.90 Å². The summed E-state index contributed by atoms with van der Waals surface area (Å²) in [6.07, 6.45) is 0. The first kappa shape index (κ1) is 8.33. The molecular formula is C7H14N2O2. The molecule has 1 aliphatic heterocycles. The van der Waals surface area contributed by atoms with Gasteiger partial charge in [-0.25, -0.2) is 4.79 Å². The summed E-state index contributed by atoms with van der Waals surface area (Å²) >= 11 is 0. The topological polar surface area (TPSA) is 32.8 Å². The SMILES string of the molecule is CC(C)N1COCN(C)C1=O. The molecule has 64 valence electrons. The lowest BCUT2D eigenvalue weighted by Crippen LogP contribution is -2.51. The molecule has 0 aromatic rings. The Bertz CT molecular complexity index is 159. The van der Waals surface area contributed by atoms with E-state index in [9.17, 15) is 4.79 Å². The van der Waals surface area contributed by atoms with Crippen LogP contribution in [0.4, 0.5) is 4.79 Å². The largest absolute Gasteiger partial charge is 0.341 e. The molecule has 1 saturated heterocycles. The van der Waals surface area contributed by atoms with Gasteiger partial charge in [0.1, 0.15) is 13.5 Å². The highest BCUT2D eigenvalue weighted by atomic mass is 16.5. The van der Waals surface area contributed by atoms with E-state index >= 15 is 0 Å². The molecule has 1 fully saturated rings. The van der Waals surface area contributed by atoms with Crippen molar-refractivity contribution >= 4 is 6.03 Å². The monoisotopic (exact) mass is 158 g/mol. The molecule has 0 spiro atoms. The van der Waals surface area contributed by atoms with E-state index in [0.717, 1.165) is 0 Å². The molecule has 0 bridgehead atoms. The molecule has 0 saturated carbocycles. The van der Waals surface area contributed by atoms with Gasteiger partial charge in [0.2, 0.25) is 0 Å². The van der Waals surface area contributed by atoms with Crippen LogP contribution >= 0.6 is 0 Å². The van der Waals surface area contributed by atoms with Crippen molar-refractivity contribution in [2.75, 3.05) is 20.5 Å². The Labute approximate surface area is 66.7 Å². The zero-order chi connectivity index (χ0) is 8.43. The number of amides is 2. The summed E-state index contributed by atoms with van der Waals surface area (Å²) < 4.78 is 5.16. The lowest BCUT2D eigenvalue weighted by Gasteiger charge is -2.35. The fraction of sp³-hybridized carbons (Fsp3) is 0.857. The number of carbonyl (C=O) groups is 1.